The number of nitrogens with two attached hydrogens (primary N) is 1. The summed E-state index contributed by atoms with van der Waals surface area (Å²) < 4.78 is 125. The lowest BCUT2D eigenvalue weighted by Gasteiger charge is -2.09. The van der Waals surface area contributed by atoms with Gasteiger partial charge in [0.05, 0.1) is 125 Å². The van der Waals surface area contributed by atoms with Crippen LogP contribution in [0.15, 0.2) is 24.3 Å². The van der Waals surface area contributed by atoms with E-state index in [4.69, 9.17) is 53.1 Å². The van der Waals surface area contributed by atoms with Crippen LogP contribution >= 0.6 is 0 Å². The van der Waals surface area contributed by atoms with Gasteiger partial charge in [-0.2, -0.15) is 8.78 Å². The highest BCUT2D eigenvalue weighted by atomic mass is 19.2. The van der Waals surface area contributed by atoms with Gasteiger partial charge >= 0.3 is 5.97 Å². The summed E-state index contributed by atoms with van der Waals surface area (Å²) in [5.74, 6) is -13.4. The Balaban J connectivity index is 1.22. The summed E-state index contributed by atoms with van der Waals surface area (Å²) in [5, 5.41) is 0. The quantitative estimate of drug-likeness (QED) is 0.0222. The van der Waals surface area contributed by atoms with Gasteiger partial charge in [-0.25, -0.2) is 13.2 Å². The van der Waals surface area contributed by atoms with Crippen molar-refractivity contribution in [2.75, 3.05) is 131 Å². The third-order valence-corrected chi connectivity index (χ3v) is 6.19. The van der Waals surface area contributed by atoms with Crippen molar-refractivity contribution in [1.29, 1.82) is 0 Å². The minimum atomic E-state index is -2.35. The van der Waals surface area contributed by atoms with E-state index >= 15 is 0 Å². The summed E-state index contributed by atoms with van der Waals surface area (Å²) in [5.41, 5.74) is 6.32. The van der Waals surface area contributed by atoms with E-state index in [1.165, 1.54) is 0 Å². The van der Waals surface area contributed by atoms with Crippen LogP contribution in [0.4, 0.5) is 27.6 Å². The van der Waals surface area contributed by atoms with Gasteiger partial charge in [0, 0.05) is 5.69 Å². The van der Waals surface area contributed by atoms with Gasteiger partial charge in [0.1, 0.15) is 12.4 Å². The second-order valence-corrected chi connectivity index (χ2v) is 10.1. The molecule has 13 nitrogen and oxygen atoms in total. The van der Waals surface area contributed by atoms with Crippen LogP contribution in [0, 0.1) is 29.1 Å². The molecule has 290 valence electrons. The van der Waals surface area contributed by atoms with Gasteiger partial charge in [-0.1, -0.05) is 0 Å². The van der Waals surface area contributed by atoms with Crippen LogP contribution in [0.2, 0.25) is 0 Å². The molecule has 0 unspecified atom stereocenters. The number of benzene rings is 2. The number of nitrogen functional groups attached to an aromatic ring is 1. The van der Waals surface area contributed by atoms with Crippen molar-refractivity contribution >= 4 is 11.7 Å². The molecule has 0 fully saturated rings. The summed E-state index contributed by atoms with van der Waals surface area (Å²) in [6.07, 6.45) is -0.488. The maximum absolute atomic E-state index is 13.5. The number of hydrogen-bond acceptors (Lipinski definition) is 13. The Morgan fingerprint density at radius 2 is 0.725 bits per heavy atom. The van der Waals surface area contributed by atoms with E-state index in [0.717, 1.165) is 5.75 Å². The Hall–Kier alpha value is -3.20. The topological polar surface area (TPSA) is 145 Å². The Labute approximate surface area is 293 Å². The van der Waals surface area contributed by atoms with Crippen molar-refractivity contribution in [2.24, 2.45) is 0 Å². The third-order valence-electron chi connectivity index (χ3n) is 6.19. The number of hydrogen-bond donors (Lipinski definition) is 1. The first-order valence-corrected chi connectivity index (χ1v) is 16.2. The minimum Gasteiger partial charge on any atom is -0.491 e. The molecule has 0 spiro atoms. The molecule has 0 radical (unpaired) electrons. The second-order valence-electron chi connectivity index (χ2n) is 10.1. The Kier molecular flexibility index (Phi) is 24.5. The van der Waals surface area contributed by atoms with Gasteiger partial charge in [-0.05, 0) is 24.3 Å². The number of halogens is 5. The maximum Gasteiger partial charge on any atom is 0.313 e. The lowest BCUT2D eigenvalue weighted by molar-refractivity contribution is -0.136. The molecule has 51 heavy (non-hydrogen) atoms. The van der Waals surface area contributed by atoms with Gasteiger partial charge < -0.3 is 57.8 Å². The molecule has 18 heteroatoms. The normalized spacial score (nSPS) is 11.3. The summed E-state index contributed by atoms with van der Waals surface area (Å²) in [6.45, 7) is 6.67. The number of esters is 1. The molecule has 0 aliphatic carbocycles. The first-order chi connectivity index (χ1) is 24.8. The molecular weight excluding hydrogens is 697 g/mol. The van der Waals surface area contributed by atoms with E-state index < -0.39 is 47.2 Å². The van der Waals surface area contributed by atoms with E-state index in [1.807, 2.05) is 12.1 Å². The summed E-state index contributed by atoms with van der Waals surface area (Å²) >= 11 is 0. The monoisotopic (exact) mass is 743 g/mol. The fourth-order valence-corrected chi connectivity index (χ4v) is 3.64. The number of anilines is 1. The highest BCUT2D eigenvalue weighted by Crippen LogP contribution is 2.29. The van der Waals surface area contributed by atoms with E-state index in [9.17, 15) is 26.7 Å². The molecule has 0 saturated heterocycles. The van der Waals surface area contributed by atoms with Crippen LogP contribution in [0.3, 0.4) is 0 Å². The third kappa shape index (κ3) is 20.4. The number of rotatable bonds is 32. The number of carbonyl (C=O) groups excluding carboxylic acids is 1. The van der Waals surface area contributed by atoms with Crippen molar-refractivity contribution in [3.63, 3.8) is 0 Å². The van der Waals surface area contributed by atoms with Gasteiger partial charge in [0.15, 0.2) is 0 Å². The van der Waals surface area contributed by atoms with Crippen LogP contribution in [-0.2, 0) is 47.4 Å². The van der Waals surface area contributed by atoms with Crippen molar-refractivity contribution in [1.82, 2.24) is 0 Å². The number of carbonyl (C=O) groups is 1. The van der Waals surface area contributed by atoms with Crippen LogP contribution in [0.25, 0.3) is 0 Å². The SMILES string of the molecule is Nc1ccc(OCCOCCOCCOCCOCCOCCOCCOCCOCCOCCC(=O)Oc2c(F)c(F)c(F)c(F)c2F)cc1. The van der Waals surface area contributed by atoms with E-state index in [2.05, 4.69) is 4.74 Å². The summed E-state index contributed by atoms with van der Waals surface area (Å²) in [7, 11) is 0. The van der Waals surface area contributed by atoms with E-state index in [0.29, 0.717) is 105 Å². The van der Waals surface area contributed by atoms with Gasteiger partial charge in [0.25, 0.3) is 0 Å². The molecule has 2 N–H and O–H groups in total. The molecule has 0 atom stereocenters. The smallest absolute Gasteiger partial charge is 0.313 e. The highest BCUT2D eigenvalue weighted by Gasteiger charge is 2.28. The molecule has 0 aromatic heterocycles. The molecule has 0 amide bonds. The van der Waals surface area contributed by atoms with Crippen LogP contribution < -0.4 is 15.2 Å². The molecule has 0 aliphatic rings. The van der Waals surface area contributed by atoms with Crippen molar-refractivity contribution in [3.05, 3.63) is 53.4 Å². The average Bonchev–Trinajstić information content (AvgIpc) is 3.13. The van der Waals surface area contributed by atoms with Crippen LogP contribution in [0.5, 0.6) is 11.5 Å². The lowest BCUT2D eigenvalue weighted by Crippen LogP contribution is -2.16. The van der Waals surface area contributed by atoms with Crippen molar-refractivity contribution in [3.8, 4) is 11.5 Å². The molecule has 2 rings (SSSR count). The molecular formula is C33H46F5NO12. The molecule has 2 aromatic rings. The fourth-order valence-electron chi connectivity index (χ4n) is 3.64. The van der Waals surface area contributed by atoms with Gasteiger partial charge in [-0.3, -0.25) is 4.79 Å². The van der Waals surface area contributed by atoms with Crippen molar-refractivity contribution < 1.29 is 78.9 Å². The largest absolute Gasteiger partial charge is 0.491 e. The predicted molar refractivity (Wildman–Crippen MR) is 170 cm³/mol. The molecule has 0 bridgehead atoms. The Morgan fingerprint density at radius 3 is 1.08 bits per heavy atom. The van der Waals surface area contributed by atoms with E-state index in [-0.39, 0.29) is 26.4 Å². The lowest BCUT2D eigenvalue weighted by atomic mass is 10.2. The molecule has 0 aliphatic heterocycles. The second kappa shape index (κ2) is 28.4. The standard InChI is InChI=1S/C33H46F5NO12/c34-28-29(35)31(37)33(32(38)30(28)36)51-27(40)5-6-41-7-8-42-9-10-43-11-12-44-13-14-45-15-16-46-17-18-47-19-20-48-21-22-49-23-24-50-26-3-1-25(39)2-4-26/h1-4H,5-24,39H2. The zero-order valence-corrected chi connectivity index (χ0v) is 28.3. The maximum atomic E-state index is 13.5. The molecule has 0 saturated carbocycles. The molecule has 0 heterocycles. The zero-order valence-electron chi connectivity index (χ0n) is 28.3. The van der Waals surface area contributed by atoms with Gasteiger partial charge in [0.2, 0.25) is 34.8 Å². The minimum absolute atomic E-state index is 0.0791. The highest BCUT2D eigenvalue weighted by molar-refractivity contribution is 5.72. The average molecular weight is 744 g/mol. The van der Waals surface area contributed by atoms with Crippen LogP contribution in [-0.4, -0.2) is 132 Å². The van der Waals surface area contributed by atoms with Gasteiger partial charge in [-0.15, -0.1) is 0 Å². The Morgan fingerprint density at radius 1 is 0.431 bits per heavy atom. The first kappa shape index (κ1) is 44.0. The van der Waals surface area contributed by atoms with E-state index in [1.54, 1.807) is 12.1 Å². The zero-order chi connectivity index (χ0) is 36.9. The summed E-state index contributed by atoms with van der Waals surface area (Å²) in [4.78, 5) is 11.6. The van der Waals surface area contributed by atoms with Crippen molar-refractivity contribution in [2.45, 2.75) is 6.42 Å². The molecule has 2 aromatic carbocycles. The Bertz CT molecular complexity index is 1190. The fraction of sp³-hybridized carbons (Fsp3) is 0.606. The first-order valence-electron chi connectivity index (χ1n) is 16.2. The summed E-state index contributed by atoms with van der Waals surface area (Å²) in [6, 6.07) is 7.17. The number of ether oxygens (including phenoxy) is 11. The predicted octanol–water partition coefficient (Wildman–Crippen LogP) is 3.49. The van der Waals surface area contributed by atoms with Crippen LogP contribution in [0.1, 0.15) is 6.42 Å².